The smallest absolute Gasteiger partial charge is 0.253 e. The van der Waals surface area contributed by atoms with E-state index in [-0.39, 0.29) is 11.8 Å². The second-order valence-electron chi connectivity index (χ2n) is 8.95. The predicted molar refractivity (Wildman–Crippen MR) is 130 cm³/mol. The number of carbonyl (C=O) groups excluding carboxylic acids is 2. The van der Waals surface area contributed by atoms with Gasteiger partial charge in [-0.05, 0) is 47.9 Å². The first kappa shape index (κ1) is 21.4. The lowest BCUT2D eigenvalue weighted by Crippen LogP contribution is -2.64. The van der Waals surface area contributed by atoms with E-state index in [1.807, 2.05) is 70.5 Å². The first-order valence-electron chi connectivity index (χ1n) is 11.6. The van der Waals surface area contributed by atoms with Crippen LogP contribution < -0.4 is 0 Å². The average molecular weight is 440 g/mol. The lowest BCUT2D eigenvalue weighted by atomic mass is 9.97. The summed E-state index contributed by atoms with van der Waals surface area (Å²) in [5, 5.41) is 0. The summed E-state index contributed by atoms with van der Waals surface area (Å²) in [5.74, 6) is 0.210. The molecule has 2 heterocycles. The van der Waals surface area contributed by atoms with Crippen LogP contribution in [-0.2, 0) is 0 Å². The predicted octanol–water partition coefficient (Wildman–Crippen LogP) is 3.94. The third-order valence-electron chi connectivity index (χ3n) is 6.85. The number of rotatable bonds is 4. The standard InChI is InChI=1S/C28H29N3O2/c1-21-18-24(12-13-26(21)22-8-4-2-5-9-22)28(33)31-19-25(20-31)29-14-16-30(17-15-29)27(32)23-10-6-3-7-11-23/h2-13,18,25H,14-17,19-20H2,1H3. The van der Waals surface area contributed by atoms with Crippen LogP contribution in [0.25, 0.3) is 11.1 Å². The molecule has 0 saturated carbocycles. The number of nitrogens with zero attached hydrogens (tertiary/aromatic N) is 3. The van der Waals surface area contributed by atoms with Crippen LogP contribution in [0.15, 0.2) is 78.9 Å². The van der Waals surface area contributed by atoms with Crippen molar-refractivity contribution >= 4 is 11.8 Å². The van der Waals surface area contributed by atoms with Crippen LogP contribution in [0, 0.1) is 6.92 Å². The molecule has 2 aliphatic heterocycles. The fraction of sp³-hybridized carbons (Fsp3) is 0.286. The van der Waals surface area contributed by atoms with Crippen LogP contribution in [0.1, 0.15) is 26.3 Å². The highest BCUT2D eigenvalue weighted by atomic mass is 16.2. The van der Waals surface area contributed by atoms with E-state index in [1.165, 1.54) is 5.56 Å². The van der Waals surface area contributed by atoms with Gasteiger partial charge in [0.25, 0.3) is 11.8 Å². The molecule has 2 aliphatic rings. The molecule has 2 fully saturated rings. The Hall–Kier alpha value is -3.44. The van der Waals surface area contributed by atoms with Gasteiger partial charge in [0.2, 0.25) is 0 Å². The van der Waals surface area contributed by atoms with Crippen LogP contribution in [0.3, 0.4) is 0 Å². The van der Waals surface area contributed by atoms with Crippen molar-refractivity contribution in [2.24, 2.45) is 0 Å². The minimum absolute atomic E-state index is 0.104. The molecule has 3 aromatic rings. The Kier molecular flexibility index (Phi) is 5.97. The molecule has 2 amide bonds. The lowest BCUT2D eigenvalue weighted by molar-refractivity contribution is 0.00853. The molecule has 5 nitrogen and oxygen atoms in total. The topological polar surface area (TPSA) is 43.9 Å². The summed E-state index contributed by atoms with van der Waals surface area (Å²) in [6.45, 7) is 6.76. The number of aryl methyl sites for hydroxylation is 1. The highest BCUT2D eigenvalue weighted by Gasteiger charge is 2.37. The van der Waals surface area contributed by atoms with Crippen molar-refractivity contribution in [3.63, 3.8) is 0 Å². The van der Waals surface area contributed by atoms with Crippen molar-refractivity contribution < 1.29 is 9.59 Å². The van der Waals surface area contributed by atoms with E-state index in [9.17, 15) is 9.59 Å². The Labute approximate surface area is 195 Å². The minimum atomic E-state index is 0.104. The zero-order valence-corrected chi connectivity index (χ0v) is 19.0. The van der Waals surface area contributed by atoms with Gasteiger partial charge in [0.1, 0.15) is 0 Å². The molecule has 2 saturated heterocycles. The van der Waals surface area contributed by atoms with Crippen LogP contribution in [0.4, 0.5) is 0 Å². The van der Waals surface area contributed by atoms with Gasteiger partial charge in [0.05, 0.1) is 0 Å². The Morgan fingerprint density at radius 1 is 0.697 bits per heavy atom. The van der Waals surface area contributed by atoms with E-state index >= 15 is 0 Å². The van der Waals surface area contributed by atoms with Gasteiger partial charge in [-0.1, -0.05) is 54.6 Å². The number of hydrogen-bond acceptors (Lipinski definition) is 3. The normalized spacial score (nSPS) is 17.0. The number of amides is 2. The second kappa shape index (κ2) is 9.20. The van der Waals surface area contributed by atoms with Gasteiger partial charge in [0.15, 0.2) is 0 Å². The molecule has 33 heavy (non-hydrogen) atoms. The van der Waals surface area contributed by atoms with Gasteiger partial charge in [-0.2, -0.15) is 0 Å². The molecule has 0 aromatic heterocycles. The average Bonchev–Trinajstić information content (AvgIpc) is 2.84. The molecule has 3 aromatic carbocycles. The lowest BCUT2D eigenvalue weighted by Gasteiger charge is -2.48. The highest BCUT2D eigenvalue weighted by Crippen LogP contribution is 2.26. The molecular formula is C28H29N3O2. The fourth-order valence-corrected chi connectivity index (χ4v) is 4.83. The third kappa shape index (κ3) is 4.41. The van der Waals surface area contributed by atoms with Gasteiger partial charge in [0, 0.05) is 56.4 Å². The maximum atomic E-state index is 13.0. The number of piperazine rings is 1. The van der Waals surface area contributed by atoms with Gasteiger partial charge in [-0.3, -0.25) is 14.5 Å². The minimum Gasteiger partial charge on any atom is -0.336 e. The highest BCUT2D eigenvalue weighted by molar-refractivity contribution is 5.96. The van der Waals surface area contributed by atoms with Crippen molar-refractivity contribution in [2.45, 2.75) is 13.0 Å². The largest absolute Gasteiger partial charge is 0.336 e. The molecule has 5 rings (SSSR count). The number of likely N-dealkylation sites (tertiary alicyclic amines) is 1. The zero-order chi connectivity index (χ0) is 22.8. The number of carbonyl (C=O) groups is 2. The molecule has 0 bridgehead atoms. The molecule has 0 unspecified atom stereocenters. The second-order valence-corrected chi connectivity index (χ2v) is 8.95. The van der Waals surface area contributed by atoms with Gasteiger partial charge < -0.3 is 9.80 Å². The molecular weight excluding hydrogens is 410 g/mol. The maximum Gasteiger partial charge on any atom is 0.253 e. The van der Waals surface area contributed by atoms with E-state index in [4.69, 9.17) is 0 Å². The molecule has 0 aliphatic carbocycles. The van der Waals surface area contributed by atoms with Gasteiger partial charge in [-0.15, -0.1) is 0 Å². The molecule has 168 valence electrons. The summed E-state index contributed by atoms with van der Waals surface area (Å²) >= 11 is 0. The summed E-state index contributed by atoms with van der Waals surface area (Å²) in [4.78, 5) is 32.0. The first-order valence-corrected chi connectivity index (χ1v) is 11.6. The van der Waals surface area contributed by atoms with Crippen LogP contribution in [0.5, 0.6) is 0 Å². The number of benzene rings is 3. The van der Waals surface area contributed by atoms with Crippen molar-refractivity contribution in [1.82, 2.24) is 14.7 Å². The fourth-order valence-electron chi connectivity index (χ4n) is 4.83. The summed E-state index contributed by atoms with van der Waals surface area (Å²) in [7, 11) is 0. The quantitative estimate of drug-likeness (QED) is 0.618. The Bertz CT molecular complexity index is 1130. The van der Waals surface area contributed by atoms with E-state index in [0.717, 1.165) is 61.5 Å². The van der Waals surface area contributed by atoms with Gasteiger partial charge >= 0.3 is 0 Å². The molecule has 0 spiro atoms. The third-order valence-corrected chi connectivity index (χ3v) is 6.85. The van der Waals surface area contributed by atoms with Crippen LogP contribution in [-0.4, -0.2) is 71.8 Å². The number of hydrogen-bond donors (Lipinski definition) is 0. The van der Waals surface area contributed by atoms with Crippen molar-refractivity contribution in [2.75, 3.05) is 39.3 Å². The monoisotopic (exact) mass is 439 g/mol. The Morgan fingerprint density at radius 3 is 1.94 bits per heavy atom. The van der Waals surface area contributed by atoms with E-state index in [1.54, 1.807) is 0 Å². The Morgan fingerprint density at radius 2 is 1.30 bits per heavy atom. The summed E-state index contributed by atoms with van der Waals surface area (Å²) in [6, 6.07) is 26.1. The zero-order valence-electron chi connectivity index (χ0n) is 19.0. The summed E-state index contributed by atoms with van der Waals surface area (Å²) in [6.07, 6.45) is 0. The van der Waals surface area contributed by atoms with Crippen molar-refractivity contribution in [1.29, 1.82) is 0 Å². The molecule has 5 heteroatoms. The van der Waals surface area contributed by atoms with E-state index < -0.39 is 0 Å². The molecule has 0 atom stereocenters. The van der Waals surface area contributed by atoms with Crippen molar-refractivity contribution in [3.8, 4) is 11.1 Å². The SMILES string of the molecule is Cc1cc(C(=O)N2CC(N3CCN(C(=O)c4ccccc4)CC3)C2)ccc1-c1ccccc1. The van der Waals surface area contributed by atoms with Crippen LogP contribution >= 0.6 is 0 Å². The van der Waals surface area contributed by atoms with E-state index in [2.05, 4.69) is 30.0 Å². The maximum absolute atomic E-state index is 13.0. The summed E-state index contributed by atoms with van der Waals surface area (Å²) < 4.78 is 0. The molecule has 0 radical (unpaired) electrons. The van der Waals surface area contributed by atoms with E-state index in [0.29, 0.717) is 6.04 Å². The Balaban J connectivity index is 1.14. The van der Waals surface area contributed by atoms with Gasteiger partial charge in [-0.25, -0.2) is 0 Å². The van der Waals surface area contributed by atoms with Crippen molar-refractivity contribution in [3.05, 3.63) is 95.6 Å². The first-order chi connectivity index (χ1) is 16.1. The summed E-state index contributed by atoms with van der Waals surface area (Å²) in [5.41, 5.74) is 4.95. The molecule has 0 N–H and O–H groups in total. The van der Waals surface area contributed by atoms with Crippen LogP contribution in [0.2, 0.25) is 0 Å².